The smallest absolute Gasteiger partial charge is 0.319 e. The van der Waals surface area contributed by atoms with Crippen LogP contribution in [0.4, 0.5) is 19.3 Å². The molecule has 3 heterocycles. The first-order valence-corrected chi connectivity index (χ1v) is 18.0. The van der Waals surface area contributed by atoms with Crippen molar-refractivity contribution in [1.29, 1.82) is 5.26 Å². The van der Waals surface area contributed by atoms with Gasteiger partial charge in [-0.3, -0.25) is 0 Å². The Bertz CT molecular complexity index is 1700. The minimum atomic E-state index is -1.30. The summed E-state index contributed by atoms with van der Waals surface area (Å²) in [7, 11) is -1.30. The van der Waals surface area contributed by atoms with Crippen molar-refractivity contribution in [3.63, 3.8) is 0 Å². The van der Waals surface area contributed by atoms with Crippen LogP contribution < -0.4 is 15.4 Å². The number of carbonyl (C=O) groups excluding carboxylic acids is 1. The van der Waals surface area contributed by atoms with E-state index in [4.69, 9.17) is 14.2 Å². The summed E-state index contributed by atoms with van der Waals surface area (Å²) in [6.07, 6.45) is 3.33. The SMILES string of the molecule is CC1(CNC(=O)Nc2cc(F)c(Oc3ccnc4c3c(-c3cccc(C#N)c3)cn4COCC[Si](C)(C)C)c(F)c2)COC1. The predicted molar refractivity (Wildman–Crippen MR) is 166 cm³/mol. The number of carbonyl (C=O) groups is 1. The van der Waals surface area contributed by atoms with Crippen LogP contribution >= 0.6 is 0 Å². The van der Waals surface area contributed by atoms with E-state index in [0.29, 0.717) is 54.1 Å². The molecule has 0 saturated carbocycles. The van der Waals surface area contributed by atoms with Crippen molar-refractivity contribution >= 4 is 30.8 Å². The van der Waals surface area contributed by atoms with Crippen LogP contribution in [0, 0.1) is 28.4 Å². The number of aromatic nitrogens is 2. The molecule has 5 rings (SSSR count). The van der Waals surface area contributed by atoms with Gasteiger partial charge in [0.15, 0.2) is 17.4 Å². The number of urea groups is 1. The minimum Gasteiger partial charge on any atom is -0.450 e. The number of rotatable bonds is 11. The normalized spacial score (nSPS) is 14.1. The number of nitriles is 1. The molecular formula is C32H35F2N5O4Si. The van der Waals surface area contributed by atoms with Gasteiger partial charge in [-0.1, -0.05) is 38.7 Å². The number of nitrogens with one attached hydrogen (secondary N) is 2. The summed E-state index contributed by atoms with van der Waals surface area (Å²) in [5.41, 5.74) is 2.11. The lowest BCUT2D eigenvalue weighted by atomic mass is 9.89. The van der Waals surface area contributed by atoms with Crippen LogP contribution in [0.1, 0.15) is 12.5 Å². The lowest BCUT2D eigenvalue weighted by Gasteiger charge is -2.37. The second-order valence-corrected chi connectivity index (χ2v) is 18.2. The van der Waals surface area contributed by atoms with Gasteiger partial charge in [0.25, 0.3) is 0 Å². The molecular weight excluding hydrogens is 584 g/mol. The maximum absolute atomic E-state index is 15.3. The molecule has 1 aliphatic heterocycles. The van der Waals surface area contributed by atoms with E-state index in [2.05, 4.69) is 41.3 Å². The van der Waals surface area contributed by atoms with Crippen LogP contribution in [-0.2, 0) is 16.2 Å². The number of nitrogens with zero attached hydrogens (tertiary/aromatic N) is 3. The Balaban J connectivity index is 1.44. The van der Waals surface area contributed by atoms with Crippen molar-refractivity contribution < 1.29 is 27.8 Å². The fraction of sp³-hybridized carbons (Fsp3) is 0.344. The molecule has 12 heteroatoms. The minimum absolute atomic E-state index is 0.0598. The molecule has 2 aromatic heterocycles. The van der Waals surface area contributed by atoms with Gasteiger partial charge in [0.2, 0.25) is 0 Å². The summed E-state index contributed by atoms with van der Waals surface area (Å²) in [5.74, 6) is -2.45. The average molecular weight is 620 g/mol. The molecule has 230 valence electrons. The maximum Gasteiger partial charge on any atom is 0.319 e. The summed E-state index contributed by atoms with van der Waals surface area (Å²) < 4.78 is 49.4. The fourth-order valence-corrected chi connectivity index (χ4v) is 5.50. The molecule has 1 fully saturated rings. The number of fused-ring (bicyclic) bond motifs is 1. The van der Waals surface area contributed by atoms with Gasteiger partial charge < -0.3 is 29.4 Å². The standard InChI is InChI=1S/C32H35F2N5O4Si/c1-32(18-42-19-32)17-37-31(40)38-23-13-25(33)29(26(34)14-23)43-27-8-9-36-30-28(27)24(22-7-5-6-21(12-22)15-35)16-39(30)20-41-10-11-44(2,3)4/h5-9,12-14,16H,10-11,17-20H2,1-4H3,(H2,37,38,40). The van der Waals surface area contributed by atoms with E-state index in [1.807, 2.05) is 23.8 Å². The summed E-state index contributed by atoms with van der Waals surface area (Å²) in [5, 5.41) is 15.1. The van der Waals surface area contributed by atoms with Crippen LogP contribution in [0.3, 0.4) is 0 Å². The van der Waals surface area contributed by atoms with Crippen LogP contribution in [0.25, 0.3) is 22.2 Å². The van der Waals surface area contributed by atoms with E-state index in [0.717, 1.165) is 18.2 Å². The molecule has 0 atom stereocenters. The summed E-state index contributed by atoms with van der Waals surface area (Å²) >= 11 is 0. The second-order valence-electron chi connectivity index (χ2n) is 12.5. The topological polar surface area (TPSA) is 110 Å². The zero-order valence-corrected chi connectivity index (χ0v) is 26.2. The van der Waals surface area contributed by atoms with E-state index in [-0.39, 0.29) is 23.6 Å². The van der Waals surface area contributed by atoms with E-state index in [1.54, 1.807) is 18.2 Å². The Labute approximate surface area is 255 Å². The van der Waals surface area contributed by atoms with Crippen molar-refractivity contribution in [3.05, 3.63) is 72.1 Å². The molecule has 2 N–H and O–H groups in total. The van der Waals surface area contributed by atoms with Gasteiger partial charge in [-0.15, -0.1) is 0 Å². The first-order chi connectivity index (χ1) is 20.9. The summed E-state index contributed by atoms with van der Waals surface area (Å²) in [6.45, 7) is 11.0. The van der Waals surface area contributed by atoms with Gasteiger partial charge in [-0.25, -0.2) is 18.6 Å². The Morgan fingerprint density at radius 2 is 1.93 bits per heavy atom. The molecule has 44 heavy (non-hydrogen) atoms. The number of ether oxygens (including phenoxy) is 3. The highest BCUT2D eigenvalue weighted by molar-refractivity contribution is 6.76. The fourth-order valence-electron chi connectivity index (χ4n) is 4.75. The second kappa shape index (κ2) is 12.7. The molecule has 2 aromatic carbocycles. The molecule has 1 saturated heterocycles. The molecule has 0 spiro atoms. The van der Waals surface area contributed by atoms with E-state index < -0.39 is 31.5 Å². The average Bonchev–Trinajstić information content (AvgIpc) is 3.34. The number of hydrogen-bond acceptors (Lipinski definition) is 6. The highest BCUT2D eigenvalue weighted by Gasteiger charge is 2.33. The van der Waals surface area contributed by atoms with Gasteiger partial charge in [0.05, 0.1) is 30.2 Å². The van der Waals surface area contributed by atoms with Crippen molar-refractivity contribution in [1.82, 2.24) is 14.9 Å². The van der Waals surface area contributed by atoms with Crippen molar-refractivity contribution in [3.8, 4) is 28.7 Å². The van der Waals surface area contributed by atoms with Crippen LogP contribution in [-0.4, -0.2) is 50.0 Å². The van der Waals surface area contributed by atoms with Crippen molar-refractivity contribution in [2.24, 2.45) is 5.41 Å². The van der Waals surface area contributed by atoms with Crippen molar-refractivity contribution in [2.75, 3.05) is 31.7 Å². The third-order valence-electron chi connectivity index (χ3n) is 7.29. The number of anilines is 1. The number of benzene rings is 2. The Morgan fingerprint density at radius 3 is 2.59 bits per heavy atom. The van der Waals surface area contributed by atoms with Gasteiger partial charge >= 0.3 is 6.03 Å². The lowest BCUT2D eigenvalue weighted by molar-refractivity contribution is -0.0974. The monoisotopic (exact) mass is 619 g/mol. The predicted octanol–water partition coefficient (Wildman–Crippen LogP) is 7.12. The number of amides is 2. The van der Waals surface area contributed by atoms with Gasteiger partial charge in [-0.05, 0) is 29.8 Å². The molecule has 9 nitrogen and oxygen atoms in total. The summed E-state index contributed by atoms with van der Waals surface area (Å²) in [6, 6.07) is 13.1. The molecule has 4 aromatic rings. The van der Waals surface area contributed by atoms with E-state index in [1.165, 1.54) is 12.3 Å². The quantitative estimate of drug-likeness (QED) is 0.137. The van der Waals surface area contributed by atoms with E-state index >= 15 is 8.78 Å². The molecule has 1 aliphatic rings. The van der Waals surface area contributed by atoms with Crippen LogP contribution in [0.5, 0.6) is 11.5 Å². The molecule has 0 unspecified atom stereocenters. The number of hydrogen-bond donors (Lipinski definition) is 2. The highest BCUT2D eigenvalue weighted by Crippen LogP contribution is 2.40. The first-order valence-electron chi connectivity index (χ1n) is 14.3. The number of halogens is 2. The molecule has 0 aliphatic carbocycles. The van der Waals surface area contributed by atoms with E-state index in [9.17, 15) is 10.1 Å². The largest absolute Gasteiger partial charge is 0.450 e. The van der Waals surface area contributed by atoms with Gasteiger partial charge in [0, 0.05) is 62.4 Å². The Morgan fingerprint density at radius 1 is 1.18 bits per heavy atom. The summed E-state index contributed by atoms with van der Waals surface area (Å²) in [4.78, 5) is 16.9. The van der Waals surface area contributed by atoms with Gasteiger partial charge in [-0.2, -0.15) is 5.26 Å². The third kappa shape index (κ3) is 7.24. The van der Waals surface area contributed by atoms with Gasteiger partial charge in [0.1, 0.15) is 18.1 Å². The third-order valence-corrected chi connectivity index (χ3v) is 9.00. The maximum atomic E-state index is 15.3. The van der Waals surface area contributed by atoms with Crippen LogP contribution in [0.15, 0.2) is 54.9 Å². The molecule has 0 radical (unpaired) electrons. The van der Waals surface area contributed by atoms with Crippen LogP contribution in [0.2, 0.25) is 25.7 Å². The molecule has 2 amide bonds. The lowest BCUT2D eigenvalue weighted by Crippen LogP contribution is -2.49. The molecule has 0 bridgehead atoms. The zero-order valence-electron chi connectivity index (χ0n) is 25.2. The number of pyridine rings is 1. The first kappa shape index (κ1) is 31.1. The Kier molecular flexibility index (Phi) is 9.01. The highest BCUT2D eigenvalue weighted by atomic mass is 28.3. The van der Waals surface area contributed by atoms with Crippen molar-refractivity contribution in [2.45, 2.75) is 39.3 Å². The zero-order chi connectivity index (χ0) is 31.5. The Hall–Kier alpha value is -4.31.